The first-order chi connectivity index (χ1) is 10.7. The van der Waals surface area contributed by atoms with E-state index >= 15 is 0 Å². The highest BCUT2D eigenvalue weighted by Gasteiger charge is 2.28. The maximum Gasteiger partial charge on any atom is 0.373 e. The third-order valence-electron chi connectivity index (χ3n) is 3.74. The largest absolute Gasteiger partial charge is 0.373 e. The summed E-state index contributed by atoms with van der Waals surface area (Å²) in [6, 6.07) is 4.16. The summed E-state index contributed by atoms with van der Waals surface area (Å²) in [5, 5.41) is 15.3. The molecule has 0 amide bonds. The van der Waals surface area contributed by atoms with Gasteiger partial charge in [0.15, 0.2) is 0 Å². The molecule has 0 aliphatic carbocycles. The van der Waals surface area contributed by atoms with Gasteiger partial charge in [-0.3, -0.25) is 0 Å². The zero-order valence-electron chi connectivity index (χ0n) is 11.5. The number of nitro groups is 1. The fourth-order valence-electron chi connectivity index (χ4n) is 2.69. The van der Waals surface area contributed by atoms with E-state index in [1.807, 2.05) is 16.3 Å². The van der Waals surface area contributed by atoms with E-state index < -0.39 is 0 Å². The van der Waals surface area contributed by atoms with Crippen LogP contribution in [-0.4, -0.2) is 27.4 Å². The molecule has 4 rings (SSSR count). The zero-order chi connectivity index (χ0) is 15.1. The van der Waals surface area contributed by atoms with Crippen LogP contribution in [0.3, 0.4) is 0 Å². The molecule has 4 heterocycles. The molecular weight excluding hydrogens is 320 g/mol. The molecular formula is C14H12N4O2S2. The van der Waals surface area contributed by atoms with Crippen molar-refractivity contribution < 1.29 is 4.92 Å². The summed E-state index contributed by atoms with van der Waals surface area (Å²) in [5.41, 5.74) is 1.31. The highest BCUT2D eigenvalue weighted by molar-refractivity contribution is 7.15. The SMILES string of the molecule is O=[N+]([O-])c1c(N2CC=C(c3cccs3)CC2)nc2sccn12. The average Bonchev–Trinajstić information content (AvgIpc) is 3.23. The van der Waals surface area contributed by atoms with Gasteiger partial charge in [0.1, 0.15) is 6.20 Å². The van der Waals surface area contributed by atoms with Crippen LogP contribution in [-0.2, 0) is 0 Å². The van der Waals surface area contributed by atoms with Crippen LogP contribution >= 0.6 is 22.7 Å². The number of hydrogen-bond acceptors (Lipinski definition) is 6. The van der Waals surface area contributed by atoms with E-state index in [0.29, 0.717) is 17.3 Å². The van der Waals surface area contributed by atoms with Crippen LogP contribution in [0.25, 0.3) is 10.5 Å². The van der Waals surface area contributed by atoms with Gasteiger partial charge in [0.05, 0.1) is 0 Å². The average molecular weight is 332 g/mol. The fourth-order valence-corrected chi connectivity index (χ4v) is 4.19. The minimum absolute atomic E-state index is 0.0595. The molecule has 0 unspecified atom stereocenters. The first-order valence-corrected chi connectivity index (χ1v) is 8.58. The zero-order valence-corrected chi connectivity index (χ0v) is 13.1. The summed E-state index contributed by atoms with van der Waals surface area (Å²) in [5.74, 6) is 0.530. The molecule has 3 aromatic heterocycles. The van der Waals surface area contributed by atoms with Crippen LogP contribution in [0.4, 0.5) is 11.6 Å². The molecule has 1 aliphatic heterocycles. The van der Waals surface area contributed by atoms with Gasteiger partial charge in [-0.15, -0.1) is 11.3 Å². The molecule has 22 heavy (non-hydrogen) atoms. The predicted molar refractivity (Wildman–Crippen MR) is 88.8 cm³/mol. The molecule has 0 aromatic carbocycles. The summed E-state index contributed by atoms with van der Waals surface area (Å²) >= 11 is 3.14. The molecule has 0 N–H and O–H groups in total. The summed E-state index contributed by atoms with van der Waals surface area (Å²) in [6.45, 7) is 1.40. The van der Waals surface area contributed by atoms with E-state index in [1.54, 1.807) is 21.9 Å². The highest BCUT2D eigenvalue weighted by atomic mass is 32.1. The second kappa shape index (κ2) is 5.22. The summed E-state index contributed by atoms with van der Waals surface area (Å²) in [6.07, 6.45) is 4.72. The lowest BCUT2D eigenvalue weighted by Gasteiger charge is -2.25. The van der Waals surface area contributed by atoms with Gasteiger partial charge in [-0.05, 0) is 28.4 Å². The van der Waals surface area contributed by atoms with Crippen molar-refractivity contribution >= 4 is 44.8 Å². The Morgan fingerprint density at radius 2 is 2.23 bits per heavy atom. The summed E-state index contributed by atoms with van der Waals surface area (Å²) in [4.78, 5) is 19.4. The number of thiazole rings is 1. The van der Waals surface area contributed by atoms with Gasteiger partial charge in [-0.2, -0.15) is 9.38 Å². The van der Waals surface area contributed by atoms with Gasteiger partial charge in [-0.1, -0.05) is 23.5 Å². The number of imidazole rings is 1. The second-order valence-corrected chi connectivity index (χ2v) is 6.80. The number of rotatable bonds is 3. The van der Waals surface area contributed by atoms with Gasteiger partial charge in [0, 0.05) is 23.3 Å². The molecule has 0 saturated heterocycles. The van der Waals surface area contributed by atoms with Crippen molar-refractivity contribution in [3.05, 3.63) is 50.2 Å². The first-order valence-electron chi connectivity index (χ1n) is 6.82. The number of fused-ring (bicyclic) bond motifs is 1. The van der Waals surface area contributed by atoms with E-state index in [1.165, 1.54) is 21.8 Å². The molecule has 0 atom stereocenters. The van der Waals surface area contributed by atoms with Crippen molar-refractivity contribution in [3.8, 4) is 0 Å². The van der Waals surface area contributed by atoms with E-state index in [9.17, 15) is 10.1 Å². The van der Waals surface area contributed by atoms with E-state index in [4.69, 9.17) is 0 Å². The van der Waals surface area contributed by atoms with Crippen molar-refractivity contribution in [2.45, 2.75) is 6.42 Å². The van der Waals surface area contributed by atoms with Crippen molar-refractivity contribution in [1.82, 2.24) is 9.38 Å². The second-order valence-electron chi connectivity index (χ2n) is 4.97. The van der Waals surface area contributed by atoms with Gasteiger partial charge in [0.25, 0.3) is 4.96 Å². The smallest absolute Gasteiger partial charge is 0.358 e. The van der Waals surface area contributed by atoms with E-state index in [-0.39, 0.29) is 10.7 Å². The molecule has 0 fully saturated rings. The summed E-state index contributed by atoms with van der Waals surface area (Å²) < 4.78 is 1.55. The van der Waals surface area contributed by atoms with Crippen molar-refractivity contribution in [3.63, 3.8) is 0 Å². The van der Waals surface area contributed by atoms with Crippen molar-refractivity contribution in [2.24, 2.45) is 0 Å². The number of aromatic nitrogens is 2. The molecule has 3 aromatic rings. The van der Waals surface area contributed by atoms with Gasteiger partial charge in [-0.25, -0.2) is 0 Å². The molecule has 8 heteroatoms. The van der Waals surface area contributed by atoms with Crippen LogP contribution in [0.5, 0.6) is 0 Å². The Bertz CT molecular complexity index is 863. The molecule has 0 bridgehead atoms. The Morgan fingerprint density at radius 1 is 1.32 bits per heavy atom. The lowest BCUT2D eigenvalue weighted by atomic mass is 10.1. The van der Waals surface area contributed by atoms with Crippen LogP contribution < -0.4 is 4.90 Å². The highest BCUT2D eigenvalue weighted by Crippen LogP contribution is 2.34. The van der Waals surface area contributed by atoms with E-state index in [2.05, 4.69) is 22.5 Å². The lowest BCUT2D eigenvalue weighted by Crippen LogP contribution is -2.29. The predicted octanol–water partition coefficient (Wildman–Crippen LogP) is 3.66. The Hall–Kier alpha value is -2.19. The number of thiophene rings is 1. The summed E-state index contributed by atoms with van der Waals surface area (Å²) in [7, 11) is 0. The minimum atomic E-state index is -0.347. The van der Waals surface area contributed by atoms with Gasteiger partial charge >= 0.3 is 5.82 Å². The topological polar surface area (TPSA) is 63.7 Å². The standard InChI is InChI=1S/C14H12N4O2S2/c19-18(20)13-12(15-14-17(13)7-9-22-14)16-5-3-10(4-6-16)11-2-1-8-21-11/h1-3,7-9H,4-6H2. The molecule has 1 aliphatic rings. The van der Waals surface area contributed by atoms with Gasteiger partial charge in [0.2, 0.25) is 5.82 Å². The number of hydrogen-bond donors (Lipinski definition) is 0. The molecule has 6 nitrogen and oxygen atoms in total. The van der Waals surface area contributed by atoms with Crippen LogP contribution in [0.2, 0.25) is 0 Å². The van der Waals surface area contributed by atoms with Gasteiger partial charge < -0.3 is 15.0 Å². The lowest BCUT2D eigenvalue weighted by molar-refractivity contribution is -0.389. The third-order valence-corrected chi connectivity index (χ3v) is 5.44. The Labute approximate surface area is 134 Å². The number of nitrogens with zero attached hydrogens (tertiary/aromatic N) is 4. The molecule has 112 valence electrons. The molecule has 0 spiro atoms. The molecule has 0 saturated carbocycles. The van der Waals surface area contributed by atoms with Crippen molar-refractivity contribution in [1.29, 1.82) is 0 Å². The van der Waals surface area contributed by atoms with Crippen molar-refractivity contribution in [2.75, 3.05) is 18.0 Å². The molecule has 0 radical (unpaired) electrons. The van der Waals surface area contributed by atoms with Crippen LogP contribution in [0, 0.1) is 10.1 Å². The Balaban J connectivity index is 1.68. The normalized spacial score (nSPS) is 15.3. The van der Waals surface area contributed by atoms with Crippen LogP contribution in [0.15, 0.2) is 35.2 Å². The first kappa shape index (κ1) is 13.5. The minimum Gasteiger partial charge on any atom is -0.358 e. The quantitative estimate of drug-likeness (QED) is 0.542. The monoisotopic (exact) mass is 332 g/mol. The maximum atomic E-state index is 11.4. The fraction of sp³-hybridized carbons (Fsp3) is 0.214. The Kier molecular flexibility index (Phi) is 3.20. The van der Waals surface area contributed by atoms with E-state index in [0.717, 1.165) is 13.0 Å². The maximum absolute atomic E-state index is 11.4. The number of anilines is 1. The third kappa shape index (κ3) is 2.11. The van der Waals surface area contributed by atoms with Crippen LogP contribution in [0.1, 0.15) is 11.3 Å². The Morgan fingerprint density at radius 3 is 2.91 bits per heavy atom.